The van der Waals surface area contributed by atoms with Crippen LogP contribution in [0.15, 0.2) is 0 Å². The number of aliphatic hydroxyl groups is 1. The molecule has 1 atom stereocenters. The Kier molecular flexibility index (Phi) is 4.85. The zero-order valence-electron chi connectivity index (χ0n) is 4.61. The molecule has 0 fully saturated rings. The third-order valence-electron chi connectivity index (χ3n) is 0.994. The average molecular weight is 124 g/mol. The Morgan fingerprint density at radius 2 is 2.00 bits per heavy atom. The van der Waals surface area contributed by atoms with Crippen LogP contribution in [0.25, 0.3) is 0 Å². The van der Waals surface area contributed by atoms with Crippen LogP contribution < -0.4 is 0 Å². The zero-order valence-corrected chi connectivity index (χ0v) is 4.61. The molecule has 0 spiro atoms. The molecule has 0 aromatic rings. The van der Waals surface area contributed by atoms with Crippen molar-refractivity contribution in [2.24, 2.45) is 5.92 Å². The highest BCUT2D eigenvalue weighted by Crippen LogP contribution is 2.01. The maximum atomic E-state index is 11.5. The van der Waals surface area contributed by atoms with Crippen LogP contribution in [0.2, 0.25) is 0 Å². The van der Waals surface area contributed by atoms with E-state index >= 15 is 0 Å². The van der Waals surface area contributed by atoms with Crippen molar-refractivity contribution in [3.63, 3.8) is 0 Å². The fraction of sp³-hybridized carbons (Fsp3) is 1.00. The standard InChI is InChI=1S/C5H10F2O/c6-2-1-5(3-7)4-8/h5,8H,1-4H2. The first-order chi connectivity index (χ1) is 3.85. The van der Waals surface area contributed by atoms with Gasteiger partial charge >= 0.3 is 0 Å². The molecule has 0 aliphatic rings. The van der Waals surface area contributed by atoms with Gasteiger partial charge in [-0.1, -0.05) is 0 Å². The molecule has 1 N–H and O–H groups in total. The maximum Gasteiger partial charge on any atom is 0.0945 e. The van der Waals surface area contributed by atoms with E-state index in [9.17, 15) is 8.78 Å². The van der Waals surface area contributed by atoms with Gasteiger partial charge in [-0.05, 0) is 6.42 Å². The molecule has 0 heterocycles. The van der Waals surface area contributed by atoms with Crippen LogP contribution in [0, 0.1) is 5.92 Å². The summed E-state index contributed by atoms with van der Waals surface area (Å²) in [5.41, 5.74) is 0. The second kappa shape index (κ2) is 4.97. The van der Waals surface area contributed by atoms with Crippen molar-refractivity contribution in [2.45, 2.75) is 6.42 Å². The molecule has 0 saturated heterocycles. The minimum atomic E-state index is -0.625. The van der Waals surface area contributed by atoms with E-state index in [1.54, 1.807) is 0 Å². The fourth-order valence-corrected chi connectivity index (χ4v) is 0.372. The predicted octanol–water partition coefficient (Wildman–Crippen LogP) is 0.924. The van der Waals surface area contributed by atoms with E-state index in [4.69, 9.17) is 5.11 Å². The van der Waals surface area contributed by atoms with Crippen molar-refractivity contribution in [1.82, 2.24) is 0 Å². The van der Waals surface area contributed by atoms with E-state index in [0.29, 0.717) is 0 Å². The first-order valence-electron chi connectivity index (χ1n) is 2.58. The summed E-state index contributed by atoms with van der Waals surface area (Å²) in [7, 11) is 0. The Balaban J connectivity index is 3.07. The quantitative estimate of drug-likeness (QED) is 0.591. The Morgan fingerprint density at radius 3 is 2.12 bits per heavy atom. The largest absolute Gasteiger partial charge is 0.396 e. The number of alkyl halides is 2. The predicted molar refractivity (Wildman–Crippen MR) is 27.1 cm³/mol. The molecule has 0 amide bonds. The molecule has 0 bridgehead atoms. The van der Waals surface area contributed by atoms with Gasteiger partial charge in [-0.15, -0.1) is 0 Å². The Labute approximate surface area is 47.3 Å². The summed E-state index contributed by atoms with van der Waals surface area (Å²) < 4.78 is 22.9. The maximum absolute atomic E-state index is 11.5. The molecular formula is C5H10F2O. The van der Waals surface area contributed by atoms with Crippen molar-refractivity contribution < 1.29 is 13.9 Å². The van der Waals surface area contributed by atoms with E-state index in [1.165, 1.54) is 0 Å². The fourth-order valence-electron chi connectivity index (χ4n) is 0.372. The van der Waals surface area contributed by atoms with Gasteiger partial charge in [-0.3, -0.25) is 8.78 Å². The summed E-state index contributed by atoms with van der Waals surface area (Å²) in [5, 5.41) is 8.25. The highest BCUT2D eigenvalue weighted by Gasteiger charge is 2.04. The molecule has 1 unspecified atom stereocenters. The minimum Gasteiger partial charge on any atom is -0.396 e. The third-order valence-corrected chi connectivity index (χ3v) is 0.994. The van der Waals surface area contributed by atoms with E-state index < -0.39 is 19.3 Å². The van der Waals surface area contributed by atoms with Crippen LogP contribution in [-0.2, 0) is 0 Å². The molecule has 0 aromatic carbocycles. The van der Waals surface area contributed by atoms with Crippen LogP contribution in [0.1, 0.15) is 6.42 Å². The van der Waals surface area contributed by atoms with Crippen LogP contribution in [-0.4, -0.2) is 25.1 Å². The Bertz CT molecular complexity index is 45.7. The molecule has 0 aliphatic heterocycles. The molecule has 0 aromatic heterocycles. The molecule has 0 radical (unpaired) electrons. The van der Waals surface area contributed by atoms with Crippen molar-refractivity contribution in [3.8, 4) is 0 Å². The summed E-state index contributed by atoms with van der Waals surface area (Å²) in [6, 6.07) is 0. The van der Waals surface area contributed by atoms with Crippen LogP contribution in [0.4, 0.5) is 8.78 Å². The number of hydrogen-bond donors (Lipinski definition) is 1. The second-order valence-electron chi connectivity index (χ2n) is 1.68. The van der Waals surface area contributed by atoms with Gasteiger partial charge in [0.05, 0.1) is 13.3 Å². The third kappa shape index (κ3) is 2.91. The normalized spacial score (nSPS) is 13.9. The van der Waals surface area contributed by atoms with Gasteiger partial charge in [0.1, 0.15) is 0 Å². The van der Waals surface area contributed by atoms with Gasteiger partial charge < -0.3 is 5.11 Å². The lowest BCUT2D eigenvalue weighted by molar-refractivity contribution is 0.181. The summed E-state index contributed by atoms with van der Waals surface area (Å²) in [5.74, 6) is -0.486. The monoisotopic (exact) mass is 124 g/mol. The molecular weight excluding hydrogens is 114 g/mol. The molecule has 50 valence electrons. The topological polar surface area (TPSA) is 20.2 Å². The van der Waals surface area contributed by atoms with Crippen molar-refractivity contribution in [2.75, 3.05) is 20.0 Å². The molecule has 3 heteroatoms. The molecule has 0 aliphatic carbocycles. The van der Waals surface area contributed by atoms with Gasteiger partial charge in [0.25, 0.3) is 0 Å². The van der Waals surface area contributed by atoms with Crippen molar-refractivity contribution in [1.29, 1.82) is 0 Å². The smallest absolute Gasteiger partial charge is 0.0945 e. The summed E-state index contributed by atoms with van der Waals surface area (Å²) in [4.78, 5) is 0. The first-order valence-corrected chi connectivity index (χ1v) is 2.58. The van der Waals surface area contributed by atoms with Crippen LogP contribution in [0.5, 0.6) is 0 Å². The number of hydrogen-bond acceptors (Lipinski definition) is 1. The molecule has 8 heavy (non-hydrogen) atoms. The number of rotatable bonds is 4. The lowest BCUT2D eigenvalue weighted by Crippen LogP contribution is -2.08. The SMILES string of the molecule is OCC(CF)CCF. The summed E-state index contributed by atoms with van der Waals surface area (Å²) in [6.07, 6.45) is 0.132. The van der Waals surface area contributed by atoms with Gasteiger partial charge in [-0.2, -0.15) is 0 Å². The van der Waals surface area contributed by atoms with Crippen molar-refractivity contribution in [3.05, 3.63) is 0 Å². The highest BCUT2D eigenvalue weighted by atomic mass is 19.1. The summed E-state index contributed by atoms with van der Waals surface area (Å²) in [6.45, 7) is -1.42. The van der Waals surface area contributed by atoms with E-state index in [0.717, 1.165) is 0 Å². The lowest BCUT2D eigenvalue weighted by Gasteiger charge is -2.03. The first kappa shape index (κ1) is 7.82. The van der Waals surface area contributed by atoms with Crippen molar-refractivity contribution >= 4 is 0 Å². The Morgan fingerprint density at radius 1 is 1.38 bits per heavy atom. The molecule has 0 saturated carbocycles. The Hall–Kier alpha value is -0.180. The van der Waals surface area contributed by atoms with Gasteiger partial charge in [0.2, 0.25) is 0 Å². The van der Waals surface area contributed by atoms with E-state index in [-0.39, 0.29) is 13.0 Å². The second-order valence-corrected chi connectivity index (χ2v) is 1.68. The van der Waals surface area contributed by atoms with Gasteiger partial charge in [0.15, 0.2) is 0 Å². The van der Waals surface area contributed by atoms with E-state index in [1.807, 2.05) is 0 Å². The number of halogens is 2. The average Bonchev–Trinajstić information content (AvgIpc) is 1.83. The van der Waals surface area contributed by atoms with Crippen LogP contribution >= 0.6 is 0 Å². The minimum absolute atomic E-state index is 0.132. The highest BCUT2D eigenvalue weighted by molar-refractivity contribution is 4.53. The van der Waals surface area contributed by atoms with Gasteiger partial charge in [-0.25, -0.2) is 0 Å². The lowest BCUT2D eigenvalue weighted by atomic mass is 10.1. The van der Waals surface area contributed by atoms with Gasteiger partial charge in [0, 0.05) is 12.5 Å². The zero-order chi connectivity index (χ0) is 6.41. The number of aliphatic hydroxyl groups excluding tert-OH is 1. The summed E-state index contributed by atoms with van der Waals surface area (Å²) >= 11 is 0. The molecule has 1 nitrogen and oxygen atoms in total. The van der Waals surface area contributed by atoms with E-state index in [2.05, 4.69) is 0 Å². The molecule has 0 rings (SSSR count). The van der Waals surface area contributed by atoms with Crippen LogP contribution in [0.3, 0.4) is 0 Å².